The summed E-state index contributed by atoms with van der Waals surface area (Å²) in [5.41, 5.74) is 2.03. The summed E-state index contributed by atoms with van der Waals surface area (Å²) in [6.07, 6.45) is 10.1. The topological polar surface area (TPSA) is 38.7 Å². The average molecular weight is 399 g/mol. The minimum absolute atomic E-state index is 0.203. The fraction of sp³-hybridized carbons (Fsp3) is 0.538. The number of aliphatic hydroxyl groups is 1. The zero-order valence-electron chi connectivity index (χ0n) is 18.4. The van der Waals surface area contributed by atoms with Crippen LogP contribution in [0.5, 0.6) is 11.5 Å². The second kappa shape index (κ2) is 13.3. The minimum Gasteiger partial charge on any atom is -0.491 e. The highest BCUT2D eigenvalue weighted by Gasteiger charge is 2.11. The van der Waals surface area contributed by atoms with E-state index in [4.69, 9.17) is 9.47 Å². The monoisotopic (exact) mass is 398 g/mol. The minimum atomic E-state index is -0.985. The molecule has 0 heterocycles. The van der Waals surface area contributed by atoms with Crippen molar-refractivity contribution in [3.63, 3.8) is 0 Å². The molecule has 29 heavy (non-hydrogen) atoms. The fourth-order valence-corrected chi connectivity index (χ4v) is 3.37. The summed E-state index contributed by atoms with van der Waals surface area (Å²) in [5.74, 6) is 1.51. The molecule has 0 aromatic heterocycles. The van der Waals surface area contributed by atoms with Gasteiger partial charge >= 0.3 is 0 Å². The summed E-state index contributed by atoms with van der Waals surface area (Å²) in [5, 5.41) is 10.4. The van der Waals surface area contributed by atoms with Crippen LogP contribution in [0.15, 0.2) is 48.5 Å². The molecule has 0 bridgehead atoms. The highest BCUT2D eigenvalue weighted by atomic mass is 16.6. The lowest BCUT2D eigenvalue weighted by Crippen LogP contribution is -2.12. The maximum absolute atomic E-state index is 10.4. The van der Waals surface area contributed by atoms with Crippen molar-refractivity contribution in [3.8, 4) is 11.5 Å². The summed E-state index contributed by atoms with van der Waals surface area (Å²) in [7, 11) is 0. The molecule has 0 aliphatic rings. The lowest BCUT2D eigenvalue weighted by molar-refractivity contribution is -0.0194. The van der Waals surface area contributed by atoms with E-state index < -0.39 is 6.29 Å². The molecule has 1 N–H and O–H groups in total. The Morgan fingerprint density at radius 3 is 1.97 bits per heavy atom. The van der Waals surface area contributed by atoms with Gasteiger partial charge in [-0.2, -0.15) is 0 Å². The molecule has 0 fully saturated rings. The van der Waals surface area contributed by atoms with Crippen LogP contribution in [0, 0.1) is 0 Å². The van der Waals surface area contributed by atoms with E-state index in [0.717, 1.165) is 24.2 Å². The maximum Gasteiger partial charge on any atom is 0.224 e. The molecule has 2 aromatic rings. The zero-order valence-corrected chi connectivity index (χ0v) is 18.4. The summed E-state index contributed by atoms with van der Waals surface area (Å²) >= 11 is 0. The lowest BCUT2D eigenvalue weighted by atomic mass is 10.1. The van der Waals surface area contributed by atoms with Crippen LogP contribution in [0.2, 0.25) is 0 Å². The lowest BCUT2D eigenvalue weighted by Gasteiger charge is -2.17. The van der Waals surface area contributed by atoms with E-state index in [0.29, 0.717) is 5.75 Å². The van der Waals surface area contributed by atoms with Crippen molar-refractivity contribution in [2.45, 2.75) is 91.0 Å². The molecular weight excluding hydrogens is 360 g/mol. The van der Waals surface area contributed by atoms with E-state index in [9.17, 15) is 5.11 Å². The molecule has 2 atom stereocenters. The first-order valence-corrected chi connectivity index (χ1v) is 11.3. The Bertz CT molecular complexity index is 663. The maximum atomic E-state index is 10.4. The number of ether oxygens (including phenoxy) is 2. The number of benzene rings is 2. The van der Waals surface area contributed by atoms with E-state index in [1.807, 2.05) is 36.4 Å². The molecule has 0 spiro atoms. The molecule has 0 saturated heterocycles. The molecule has 3 nitrogen and oxygen atoms in total. The molecule has 0 amide bonds. The van der Waals surface area contributed by atoms with Crippen LogP contribution in [0.3, 0.4) is 0 Å². The average Bonchev–Trinajstić information content (AvgIpc) is 2.73. The largest absolute Gasteiger partial charge is 0.491 e. The molecular formula is C26H38O3. The number of rotatable bonds is 14. The van der Waals surface area contributed by atoms with Gasteiger partial charge in [0.1, 0.15) is 11.5 Å². The van der Waals surface area contributed by atoms with Gasteiger partial charge in [-0.3, -0.25) is 0 Å². The first-order chi connectivity index (χ1) is 14.1. The number of unbranched alkanes of at least 4 members (excludes halogenated alkanes) is 5. The first kappa shape index (κ1) is 23.3. The fourth-order valence-electron chi connectivity index (χ4n) is 3.37. The molecule has 0 radical (unpaired) electrons. The van der Waals surface area contributed by atoms with Gasteiger partial charge in [-0.25, -0.2) is 0 Å². The van der Waals surface area contributed by atoms with Gasteiger partial charge in [0.05, 0.1) is 6.10 Å². The molecule has 0 saturated carbocycles. The van der Waals surface area contributed by atoms with Crippen LogP contribution in [0.4, 0.5) is 0 Å². The Balaban J connectivity index is 1.79. The number of aliphatic hydroxyl groups excluding tert-OH is 1. The third kappa shape index (κ3) is 8.91. The van der Waals surface area contributed by atoms with E-state index in [2.05, 4.69) is 32.9 Å². The van der Waals surface area contributed by atoms with E-state index >= 15 is 0 Å². The van der Waals surface area contributed by atoms with Crippen molar-refractivity contribution in [1.29, 1.82) is 0 Å². The van der Waals surface area contributed by atoms with Crippen LogP contribution in [-0.2, 0) is 6.42 Å². The van der Waals surface area contributed by atoms with E-state index in [1.165, 1.54) is 50.5 Å². The highest BCUT2D eigenvalue weighted by molar-refractivity contribution is 5.30. The molecule has 2 aromatic carbocycles. The van der Waals surface area contributed by atoms with Gasteiger partial charge < -0.3 is 14.6 Å². The second-order valence-electron chi connectivity index (χ2n) is 7.92. The van der Waals surface area contributed by atoms with Gasteiger partial charge in [0.25, 0.3) is 0 Å². The predicted molar refractivity (Wildman–Crippen MR) is 121 cm³/mol. The molecule has 2 rings (SSSR count). The summed E-state index contributed by atoms with van der Waals surface area (Å²) in [4.78, 5) is 0. The molecule has 0 aliphatic carbocycles. The van der Waals surface area contributed by atoms with Crippen LogP contribution >= 0.6 is 0 Å². The number of hydrogen-bond acceptors (Lipinski definition) is 3. The number of hydrogen-bond donors (Lipinski definition) is 1. The van der Waals surface area contributed by atoms with Crippen molar-refractivity contribution < 1.29 is 14.6 Å². The van der Waals surface area contributed by atoms with Gasteiger partial charge in [0.15, 0.2) is 0 Å². The summed E-state index contributed by atoms with van der Waals surface area (Å²) in [6.45, 7) is 6.55. The van der Waals surface area contributed by atoms with Crippen molar-refractivity contribution >= 4 is 0 Å². The van der Waals surface area contributed by atoms with Crippen molar-refractivity contribution in [1.82, 2.24) is 0 Å². The number of aryl methyl sites for hydroxylation is 1. The van der Waals surface area contributed by atoms with Gasteiger partial charge in [0.2, 0.25) is 6.29 Å². The normalized spacial score (nSPS) is 13.1. The van der Waals surface area contributed by atoms with Crippen molar-refractivity contribution in [3.05, 3.63) is 59.7 Å². The molecule has 3 heteroatoms. The zero-order chi connectivity index (χ0) is 20.9. The standard InChI is InChI=1S/C26H38O3/c1-4-6-8-10-11-21(3)28-24-19-15-23(16-20-24)26(27)29-25-17-13-22(14-18-25)12-9-7-5-2/h13-21,26-27H,4-12H2,1-3H3. The third-order valence-corrected chi connectivity index (χ3v) is 5.21. The smallest absolute Gasteiger partial charge is 0.224 e. The van der Waals surface area contributed by atoms with E-state index in [1.54, 1.807) is 0 Å². The predicted octanol–water partition coefficient (Wildman–Crippen LogP) is 7.23. The van der Waals surface area contributed by atoms with Crippen LogP contribution in [0.1, 0.15) is 89.6 Å². The van der Waals surface area contributed by atoms with Crippen molar-refractivity contribution in [2.24, 2.45) is 0 Å². The second-order valence-corrected chi connectivity index (χ2v) is 7.92. The van der Waals surface area contributed by atoms with Gasteiger partial charge in [-0.05, 0) is 74.6 Å². The quantitative estimate of drug-likeness (QED) is 0.269. The summed E-state index contributed by atoms with van der Waals surface area (Å²) < 4.78 is 11.7. The van der Waals surface area contributed by atoms with Gasteiger partial charge in [-0.1, -0.05) is 58.1 Å². The van der Waals surface area contributed by atoms with Crippen molar-refractivity contribution in [2.75, 3.05) is 0 Å². The molecule has 160 valence electrons. The Hall–Kier alpha value is -2.00. The van der Waals surface area contributed by atoms with Crippen LogP contribution < -0.4 is 9.47 Å². The van der Waals surface area contributed by atoms with Crippen LogP contribution in [0.25, 0.3) is 0 Å². The molecule has 0 aliphatic heterocycles. The van der Waals surface area contributed by atoms with Gasteiger partial charge in [0, 0.05) is 5.56 Å². The molecule has 2 unspecified atom stereocenters. The SMILES string of the molecule is CCCCCCC(C)Oc1ccc(C(O)Oc2ccc(CCCCC)cc2)cc1. The Morgan fingerprint density at radius 2 is 1.31 bits per heavy atom. The summed E-state index contributed by atoms with van der Waals surface area (Å²) in [6, 6.07) is 15.6. The van der Waals surface area contributed by atoms with Crippen LogP contribution in [-0.4, -0.2) is 11.2 Å². The first-order valence-electron chi connectivity index (χ1n) is 11.3. The van der Waals surface area contributed by atoms with Gasteiger partial charge in [-0.15, -0.1) is 0 Å². The highest BCUT2D eigenvalue weighted by Crippen LogP contribution is 2.24. The third-order valence-electron chi connectivity index (χ3n) is 5.21. The Kier molecular flexibility index (Phi) is 10.6. The van der Waals surface area contributed by atoms with E-state index in [-0.39, 0.29) is 6.10 Å². The Morgan fingerprint density at radius 1 is 0.724 bits per heavy atom. The Labute approximate surface area is 177 Å².